The van der Waals surface area contributed by atoms with Crippen LogP contribution in [0.15, 0.2) is 59.9 Å². The minimum absolute atomic E-state index is 0.0781. The Bertz CT molecular complexity index is 1290. The van der Waals surface area contributed by atoms with Crippen LogP contribution >= 0.6 is 23.4 Å². The van der Waals surface area contributed by atoms with Crippen molar-refractivity contribution < 1.29 is 9.53 Å². The molecule has 0 atom stereocenters. The van der Waals surface area contributed by atoms with Crippen LogP contribution in [0.25, 0.3) is 22.6 Å². The van der Waals surface area contributed by atoms with Gasteiger partial charge in [-0.1, -0.05) is 47.6 Å². The molecular weight excluding hydrogens is 472 g/mol. The lowest BCUT2D eigenvalue weighted by molar-refractivity contribution is -0.118. The molecule has 0 spiro atoms. The molecule has 0 aliphatic carbocycles. The number of methoxy groups -OCH3 is 1. The van der Waals surface area contributed by atoms with Crippen LogP contribution in [0, 0.1) is 0 Å². The summed E-state index contributed by atoms with van der Waals surface area (Å²) in [6.07, 6.45) is 1.93. The third-order valence-electron chi connectivity index (χ3n) is 5.18. The van der Waals surface area contributed by atoms with Gasteiger partial charge < -0.3 is 14.6 Å². The zero-order chi connectivity index (χ0) is 24.1. The van der Waals surface area contributed by atoms with Crippen molar-refractivity contribution >= 4 is 29.3 Å². The fourth-order valence-electron chi connectivity index (χ4n) is 3.50. The van der Waals surface area contributed by atoms with Gasteiger partial charge in [-0.05, 0) is 36.8 Å². The van der Waals surface area contributed by atoms with Crippen molar-refractivity contribution in [2.75, 3.05) is 12.9 Å². The molecule has 0 unspecified atom stereocenters. The van der Waals surface area contributed by atoms with Crippen molar-refractivity contribution in [3.63, 3.8) is 0 Å². The van der Waals surface area contributed by atoms with E-state index < -0.39 is 0 Å². The minimum Gasteiger partial charge on any atom is -0.497 e. The first kappa shape index (κ1) is 23.8. The monoisotopic (exact) mass is 496 g/mol. The van der Waals surface area contributed by atoms with Gasteiger partial charge in [0.25, 0.3) is 0 Å². The summed E-state index contributed by atoms with van der Waals surface area (Å²) in [6, 6.07) is 15.2. The first-order chi connectivity index (χ1) is 16.5. The number of benzene rings is 2. The number of hydrogen-bond acceptors (Lipinski definition) is 6. The Morgan fingerprint density at radius 2 is 1.97 bits per heavy atom. The predicted molar refractivity (Wildman–Crippen MR) is 134 cm³/mol. The van der Waals surface area contributed by atoms with Crippen LogP contribution < -0.4 is 10.1 Å². The summed E-state index contributed by atoms with van der Waals surface area (Å²) >= 11 is 7.27. The quantitative estimate of drug-likeness (QED) is 0.345. The van der Waals surface area contributed by atoms with Crippen molar-refractivity contribution in [2.24, 2.45) is 7.05 Å². The van der Waals surface area contributed by atoms with Gasteiger partial charge in [-0.25, -0.2) is 0 Å². The second kappa shape index (κ2) is 10.8. The van der Waals surface area contributed by atoms with E-state index in [9.17, 15) is 4.79 Å². The molecule has 4 aromatic rings. The molecule has 2 aromatic carbocycles. The van der Waals surface area contributed by atoms with Gasteiger partial charge in [-0.3, -0.25) is 9.48 Å². The number of nitrogens with zero attached hydrogens (tertiary/aromatic N) is 5. The highest BCUT2D eigenvalue weighted by molar-refractivity contribution is 7.99. The van der Waals surface area contributed by atoms with Gasteiger partial charge in [-0.15, -0.1) is 10.2 Å². The van der Waals surface area contributed by atoms with Gasteiger partial charge in [0.15, 0.2) is 11.0 Å². The highest BCUT2D eigenvalue weighted by Crippen LogP contribution is 2.33. The molecule has 10 heteroatoms. The van der Waals surface area contributed by atoms with E-state index in [4.69, 9.17) is 16.3 Å². The van der Waals surface area contributed by atoms with Crippen LogP contribution in [0.2, 0.25) is 5.02 Å². The van der Waals surface area contributed by atoms with E-state index in [0.717, 1.165) is 28.1 Å². The lowest BCUT2D eigenvalue weighted by Crippen LogP contribution is -2.24. The van der Waals surface area contributed by atoms with E-state index in [1.165, 1.54) is 11.8 Å². The second-order valence-corrected chi connectivity index (χ2v) is 8.92. The minimum atomic E-state index is -0.0781. The lowest BCUT2D eigenvalue weighted by Gasteiger charge is -2.09. The number of ether oxygens (including phenoxy) is 1. The first-order valence-electron chi connectivity index (χ1n) is 10.7. The molecule has 0 bridgehead atoms. The topological polar surface area (TPSA) is 86.9 Å². The van der Waals surface area contributed by atoms with Gasteiger partial charge in [0.2, 0.25) is 5.91 Å². The summed E-state index contributed by atoms with van der Waals surface area (Å²) < 4.78 is 9.13. The average molecular weight is 497 g/mol. The number of carbonyl (C=O) groups is 1. The van der Waals surface area contributed by atoms with Crippen molar-refractivity contribution in [1.29, 1.82) is 0 Å². The second-order valence-electron chi connectivity index (χ2n) is 7.54. The maximum absolute atomic E-state index is 12.4. The smallest absolute Gasteiger partial charge is 0.230 e. The summed E-state index contributed by atoms with van der Waals surface area (Å²) in [5.41, 5.74) is 3.57. The van der Waals surface area contributed by atoms with Gasteiger partial charge in [0.1, 0.15) is 11.4 Å². The Kier molecular flexibility index (Phi) is 7.54. The number of amides is 1. The molecular formula is C24H25ClN6O2S. The molecule has 0 radical (unpaired) electrons. The number of thioether (sulfide) groups is 1. The third-order valence-corrected chi connectivity index (χ3v) is 6.40. The predicted octanol–water partition coefficient (Wildman–Crippen LogP) is 4.44. The number of halogens is 1. The average Bonchev–Trinajstić information content (AvgIpc) is 3.45. The third kappa shape index (κ3) is 5.43. The fourth-order valence-corrected chi connectivity index (χ4v) is 4.46. The number of aromatic nitrogens is 5. The molecule has 2 heterocycles. The van der Waals surface area contributed by atoms with Crippen molar-refractivity contribution in [1.82, 2.24) is 29.9 Å². The summed E-state index contributed by atoms with van der Waals surface area (Å²) in [4.78, 5) is 12.4. The van der Waals surface area contributed by atoms with Crippen LogP contribution in [0.3, 0.4) is 0 Å². The number of rotatable bonds is 9. The van der Waals surface area contributed by atoms with Crippen molar-refractivity contribution in [2.45, 2.75) is 25.2 Å². The molecule has 0 saturated carbocycles. The number of nitrogens with one attached hydrogen (secondary N) is 1. The molecule has 8 nitrogen and oxygen atoms in total. The zero-order valence-corrected chi connectivity index (χ0v) is 20.7. The molecule has 176 valence electrons. The molecule has 2 aromatic heterocycles. The Labute approximate surface area is 207 Å². The van der Waals surface area contributed by atoms with Crippen LogP contribution in [-0.2, 0) is 24.9 Å². The maximum atomic E-state index is 12.4. The SMILES string of the molecule is CCn1c(SCC(=O)NCc2ccc(Cl)cc2)nnc1-c1cn(C)nc1-c1cccc(OC)c1. The van der Waals surface area contributed by atoms with E-state index >= 15 is 0 Å². The summed E-state index contributed by atoms with van der Waals surface area (Å²) in [5, 5.41) is 17.7. The van der Waals surface area contributed by atoms with Gasteiger partial charge in [0, 0.05) is 36.9 Å². The number of carbonyl (C=O) groups excluding carboxylic acids is 1. The van der Waals surface area contributed by atoms with E-state index in [2.05, 4.69) is 20.6 Å². The van der Waals surface area contributed by atoms with Crippen LogP contribution in [0.4, 0.5) is 0 Å². The number of hydrogen-bond donors (Lipinski definition) is 1. The lowest BCUT2D eigenvalue weighted by atomic mass is 10.1. The summed E-state index contributed by atoms with van der Waals surface area (Å²) in [6.45, 7) is 3.13. The zero-order valence-electron chi connectivity index (χ0n) is 19.2. The molecule has 4 rings (SSSR count). The van der Waals surface area contributed by atoms with Gasteiger partial charge in [0.05, 0.1) is 18.4 Å². The number of aryl methyl sites for hydroxylation is 1. The Balaban J connectivity index is 1.50. The first-order valence-corrected chi connectivity index (χ1v) is 12.1. The molecule has 1 amide bonds. The molecule has 1 N–H and O–H groups in total. The Morgan fingerprint density at radius 1 is 1.18 bits per heavy atom. The maximum Gasteiger partial charge on any atom is 0.230 e. The van der Waals surface area contributed by atoms with Gasteiger partial charge >= 0.3 is 0 Å². The summed E-state index contributed by atoms with van der Waals surface area (Å²) in [5.74, 6) is 1.62. The molecule has 0 saturated heterocycles. The van der Waals surface area contributed by atoms with Crippen LogP contribution in [-0.4, -0.2) is 43.3 Å². The van der Waals surface area contributed by atoms with E-state index in [1.54, 1.807) is 23.9 Å². The molecule has 0 aliphatic heterocycles. The normalized spacial score (nSPS) is 10.9. The Morgan fingerprint density at radius 3 is 2.71 bits per heavy atom. The van der Waals surface area contributed by atoms with Gasteiger partial charge in [-0.2, -0.15) is 5.10 Å². The fraction of sp³-hybridized carbons (Fsp3) is 0.250. The van der Waals surface area contributed by atoms with Crippen molar-refractivity contribution in [3.05, 3.63) is 65.3 Å². The largest absolute Gasteiger partial charge is 0.497 e. The van der Waals surface area contributed by atoms with Crippen LogP contribution in [0.5, 0.6) is 5.75 Å². The molecule has 34 heavy (non-hydrogen) atoms. The highest BCUT2D eigenvalue weighted by Gasteiger charge is 2.20. The summed E-state index contributed by atoms with van der Waals surface area (Å²) in [7, 11) is 3.52. The van der Waals surface area contributed by atoms with E-state index in [1.807, 2.05) is 61.1 Å². The highest BCUT2D eigenvalue weighted by atomic mass is 35.5. The van der Waals surface area contributed by atoms with Crippen LogP contribution in [0.1, 0.15) is 12.5 Å². The standard InChI is InChI=1S/C24H25ClN6O2S/c1-4-31-23(20-14-30(2)29-22(20)17-6-5-7-19(12-17)33-3)27-28-24(31)34-15-21(32)26-13-16-8-10-18(25)11-9-16/h5-12,14H,4,13,15H2,1-3H3,(H,26,32). The van der Waals surface area contributed by atoms with E-state index in [0.29, 0.717) is 29.1 Å². The molecule has 0 fully saturated rings. The molecule has 0 aliphatic rings. The van der Waals surface area contributed by atoms with Crippen molar-refractivity contribution in [3.8, 4) is 28.4 Å². The van der Waals surface area contributed by atoms with E-state index in [-0.39, 0.29) is 11.7 Å². The Hall–Kier alpha value is -3.30.